The van der Waals surface area contributed by atoms with E-state index in [1.807, 2.05) is 0 Å². The first-order chi connectivity index (χ1) is 8.31. The monoisotopic (exact) mass is 249 g/mol. The predicted octanol–water partition coefficient (Wildman–Crippen LogP) is 3.44. The summed E-state index contributed by atoms with van der Waals surface area (Å²) in [5.41, 5.74) is 2.91. The fourth-order valence-corrected chi connectivity index (χ4v) is 3.94. The van der Waals surface area contributed by atoms with E-state index in [4.69, 9.17) is 0 Å². The lowest BCUT2D eigenvalue weighted by Gasteiger charge is -2.30. The van der Waals surface area contributed by atoms with Crippen molar-refractivity contribution in [1.82, 2.24) is 5.32 Å². The Morgan fingerprint density at radius 3 is 2.76 bits per heavy atom. The number of hydrogen-bond donors (Lipinski definition) is 1. The minimum Gasteiger partial charge on any atom is -0.319 e. The molecule has 0 saturated carbocycles. The second kappa shape index (κ2) is 6.46. The summed E-state index contributed by atoms with van der Waals surface area (Å²) in [6.07, 6.45) is 2.76. The van der Waals surface area contributed by atoms with Crippen LogP contribution in [0, 0.1) is 12.8 Å². The van der Waals surface area contributed by atoms with Crippen LogP contribution in [0.1, 0.15) is 29.9 Å². The molecule has 0 bridgehead atoms. The molecule has 0 radical (unpaired) electrons. The van der Waals surface area contributed by atoms with Gasteiger partial charge in [0.1, 0.15) is 0 Å². The van der Waals surface area contributed by atoms with Crippen LogP contribution in [0.3, 0.4) is 0 Å². The van der Waals surface area contributed by atoms with E-state index < -0.39 is 0 Å². The Morgan fingerprint density at radius 2 is 2.12 bits per heavy atom. The average Bonchev–Trinajstić information content (AvgIpc) is 2.37. The van der Waals surface area contributed by atoms with Crippen LogP contribution >= 0.6 is 11.8 Å². The third kappa shape index (κ3) is 3.49. The number of nitrogens with one attached hydrogen (secondary N) is 1. The SMILES string of the molecule is CNCC(c1cccc(C)c1)C1CCSCC1. The summed E-state index contributed by atoms with van der Waals surface area (Å²) in [4.78, 5) is 0. The van der Waals surface area contributed by atoms with Crippen molar-refractivity contribution in [3.8, 4) is 0 Å². The Bertz CT molecular complexity index is 345. The molecule has 94 valence electrons. The van der Waals surface area contributed by atoms with Gasteiger partial charge < -0.3 is 5.32 Å². The standard InChI is InChI=1S/C15H23NS/c1-12-4-3-5-14(10-12)15(11-16-2)13-6-8-17-9-7-13/h3-5,10,13,15-16H,6-9,11H2,1-2H3. The summed E-state index contributed by atoms with van der Waals surface area (Å²) >= 11 is 2.11. The second-order valence-corrected chi connectivity index (χ2v) is 6.25. The lowest BCUT2D eigenvalue weighted by molar-refractivity contribution is 0.386. The van der Waals surface area contributed by atoms with Gasteiger partial charge in [0.25, 0.3) is 0 Å². The van der Waals surface area contributed by atoms with E-state index in [1.54, 1.807) is 0 Å². The molecule has 1 fully saturated rings. The molecule has 1 aromatic carbocycles. The van der Waals surface area contributed by atoms with Crippen LogP contribution in [-0.2, 0) is 0 Å². The molecule has 1 N–H and O–H groups in total. The van der Waals surface area contributed by atoms with Gasteiger partial charge in [0.2, 0.25) is 0 Å². The van der Waals surface area contributed by atoms with Crippen molar-refractivity contribution < 1.29 is 0 Å². The fraction of sp³-hybridized carbons (Fsp3) is 0.600. The van der Waals surface area contributed by atoms with Crippen LogP contribution in [0.15, 0.2) is 24.3 Å². The summed E-state index contributed by atoms with van der Waals surface area (Å²) in [6, 6.07) is 9.06. The van der Waals surface area contributed by atoms with E-state index in [1.165, 1.54) is 35.5 Å². The number of aryl methyl sites for hydroxylation is 1. The smallest absolute Gasteiger partial charge is 0.00198 e. The van der Waals surface area contributed by atoms with Crippen LogP contribution in [0.5, 0.6) is 0 Å². The zero-order valence-electron chi connectivity index (χ0n) is 10.9. The molecule has 17 heavy (non-hydrogen) atoms. The van der Waals surface area contributed by atoms with Gasteiger partial charge in [-0.15, -0.1) is 0 Å². The predicted molar refractivity (Wildman–Crippen MR) is 77.9 cm³/mol. The van der Waals surface area contributed by atoms with Crippen LogP contribution in [0.25, 0.3) is 0 Å². The quantitative estimate of drug-likeness (QED) is 0.877. The Morgan fingerprint density at radius 1 is 1.35 bits per heavy atom. The summed E-state index contributed by atoms with van der Waals surface area (Å²) in [5, 5.41) is 3.38. The van der Waals surface area contributed by atoms with Crippen LogP contribution in [-0.4, -0.2) is 25.1 Å². The molecule has 1 heterocycles. The highest BCUT2D eigenvalue weighted by Crippen LogP contribution is 2.34. The van der Waals surface area contributed by atoms with Crippen molar-refractivity contribution in [2.24, 2.45) is 5.92 Å². The molecule has 2 rings (SSSR count). The molecule has 1 atom stereocenters. The van der Waals surface area contributed by atoms with E-state index in [0.717, 1.165) is 12.5 Å². The number of hydrogen-bond acceptors (Lipinski definition) is 2. The van der Waals surface area contributed by atoms with Crippen molar-refractivity contribution >= 4 is 11.8 Å². The van der Waals surface area contributed by atoms with E-state index in [-0.39, 0.29) is 0 Å². The number of thioether (sulfide) groups is 1. The minimum absolute atomic E-state index is 0.695. The van der Waals surface area contributed by atoms with Gasteiger partial charge in [-0.05, 0) is 55.7 Å². The van der Waals surface area contributed by atoms with Gasteiger partial charge in [-0.3, -0.25) is 0 Å². The van der Waals surface area contributed by atoms with E-state index in [0.29, 0.717) is 5.92 Å². The molecule has 0 amide bonds. The van der Waals surface area contributed by atoms with Crippen LogP contribution in [0.4, 0.5) is 0 Å². The largest absolute Gasteiger partial charge is 0.319 e. The highest BCUT2D eigenvalue weighted by molar-refractivity contribution is 7.99. The third-order valence-electron chi connectivity index (χ3n) is 3.73. The van der Waals surface area contributed by atoms with Crippen LogP contribution in [0.2, 0.25) is 0 Å². The topological polar surface area (TPSA) is 12.0 Å². The van der Waals surface area contributed by atoms with E-state index in [9.17, 15) is 0 Å². The van der Waals surface area contributed by atoms with Crippen molar-refractivity contribution in [2.75, 3.05) is 25.1 Å². The molecule has 1 saturated heterocycles. The molecule has 2 heteroatoms. The lowest BCUT2D eigenvalue weighted by Crippen LogP contribution is -2.27. The molecule has 1 aliphatic rings. The number of benzene rings is 1. The highest BCUT2D eigenvalue weighted by Gasteiger charge is 2.24. The molecule has 0 spiro atoms. The summed E-state index contributed by atoms with van der Waals surface area (Å²) in [6.45, 7) is 3.30. The zero-order valence-corrected chi connectivity index (χ0v) is 11.7. The molecule has 1 unspecified atom stereocenters. The second-order valence-electron chi connectivity index (χ2n) is 5.03. The van der Waals surface area contributed by atoms with Crippen molar-refractivity contribution in [3.05, 3.63) is 35.4 Å². The Hall–Kier alpha value is -0.470. The molecular formula is C15H23NS. The summed E-state index contributed by atoms with van der Waals surface area (Å²) in [7, 11) is 2.07. The molecular weight excluding hydrogens is 226 g/mol. The van der Waals surface area contributed by atoms with Crippen molar-refractivity contribution in [2.45, 2.75) is 25.7 Å². The Kier molecular flexibility index (Phi) is 4.93. The normalized spacial score (nSPS) is 19.2. The minimum atomic E-state index is 0.695. The first kappa shape index (κ1) is 13.0. The van der Waals surface area contributed by atoms with Gasteiger partial charge in [-0.25, -0.2) is 0 Å². The Balaban J connectivity index is 2.15. The van der Waals surface area contributed by atoms with E-state index >= 15 is 0 Å². The maximum absolute atomic E-state index is 3.38. The van der Waals surface area contributed by atoms with Crippen molar-refractivity contribution in [3.63, 3.8) is 0 Å². The Labute approximate surface area is 109 Å². The molecule has 1 aliphatic heterocycles. The summed E-state index contributed by atoms with van der Waals surface area (Å²) in [5.74, 6) is 4.25. The highest BCUT2D eigenvalue weighted by atomic mass is 32.2. The third-order valence-corrected chi connectivity index (χ3v) is 4.78. The molecule has 0 aliphatic carbocycles. The average molecular weight is 249 g/mol. The van der Waals surface area contributed by atoms with Gasteiger partial charge in [-0.1, -0.05) is 29.8 Å². The molecule has 1 aromatic rings. The molecule has 0 aromatic heterocycles. The lowest BCUT2D eigenvalue weighted by atomic mass is 9.82. The number of rotatable bonds is 4. The molecule has 1 nitrogen and oxygen atoms in total. The van der Waals surface area contributed by atoms with Gasteiger partial charge in [-0.2, -0.15) is 11.8 Å². The van der Waals surface area contributed by atoms with E-state index in [2.05, 4.69) is 55.3 Å². The van der Waals surface area contributed by atoms with Crippen LogP contribution < -0.4 is 5.32 Å². The van der Waals surface area contributed by atoms with Gasteiger partial charge in [0.05, 0.1) is 0 Å². The maximum Gasteiger partial charge on any atom is 0.00198 e. The van der Waals surface area contributed by atoms with Crippen molar-refractivity contribution in [1.29, 1.82) is 0 Å². The number of likely N-dealkylation sites (N-methyl/N-ethyl adjacent to an activating group) is 1. The van der Waals surface area contributed by atoms with Gasteiger partial charge in [0, 0.05) is 6.54 Å². The summed E-state index contributed by atoms with van der Waals surface area (Å²) < 4.78 is 0. The first-order valence-corrected chi connectivity index (χ1v) is 7.75. The van der Waals surface area contributed by atoms with Gasteiger partial charge >= 0.3 is 0 Å². The van der Waals surface area contributed by atoms with Gasteiger partial charge in [0.15, 0.2) is 0 Å². The first-order valence-electron chi connectivity index (χ1n) is 6.60. The fourth-order valence-electron chi connectivity index (χ4n) is 2.80. The zero-order chi connectivity index (χ0) is 12.1. The maximum atomic E-state index is 3.38.